The van der Waals surface area contributed by atoms with Gasteiger partial charge in [0.25, 0.3) is 0 Å². The standard InChI is InChI=1S/C9H14N6OS2/c1-6-12-13-7(16-6)5-17-4-3-11-9-8(10-2)14-18-15-9/h3-5H2,1-2H3,(H,10,14)(H,11,15). The highest BCUT2D eigenvalue weighted by Gasteiger charge is 2.05. The fourth-order valence-electron chi connectivity index (χ4n) is 1.27. The van der Waals surface area contributed by atoms with E-state index in [4.69, 9.17) is 4.42 Å². The van der Waals surface area contributed by atoms with Gasteiger partial charge < -0.3 is 15.1 Å². The molecular formula is C9H14N6OS2. The van der Waals surface area contributed by atoms with E-state index in [1.54, 1.807) is 18.7 Å². The van der Waals surface area contributed by atoms with Gasteiger partial charge in [0, 0.05) is 26.3 Å². The molecule has 2 aromatic rings. The van der Waals surface area contributed by atoms with Gasteiger partial charge in [-0.15, -0.1) is 10.2 Å². The molecule has 2 heterocycles. The number of nitrogens with zero attached hydrogens (tertiary/aromatic N) is 4. The van der Waals surface area contributed by atoms with E-state index in [0.717, 1.165) is 29.7 Å². The summed E-state index contributed by atoms with van der Waals surface area (Å²) in [5, 5.41) is 13.9. The Balaban J connectivity index is 1.64. The molecule has 0 saturated heterocycles. The Kier molecular flexibility index (Phi) is 4.76. The summed E-state index contributed by atoms with van der Waals surface area (Å²) >= 11 is 2.92. The second kappa shape index (κ2) is 6.55. The third kappa shape index (κ3) is 3.57. The van der Waals surface area contributed by atoms with Gasteiger partial charge in [0.2, 0.25) is 11.8 Å². The van der Waals surface area contributed by atoms with Crippen molar-refractivity contribution in [2.24, 2.45) is 0 Å². The van der Waals surface area contributed by atoms with E-state index in [-0.39, 0.29) is 0 Å². The molecule has 2 N–H and O–H groups in total. The van der Waals surface area contributed by atoms with E-state index in [9.17, 15) is 0 Å². The van der Waals surface area contributed by atoms with Crippen molar-refractivity contribution in [2.75, 3.05) is 30.0 Å². The van der Waals surface area contributed by atoms with Gasteiger partial charge in [0.1, 0.15) is 0 Å². The normalized spacial score (nSPS) is 10.6. The fraction of sp³-hybridized carbons (Fsp3) is 0.556. The topological polar surface area (TPSA) is 88.8 Å². The van der Waals surface area contributed by atoms with Crippen molar-refractivity contribution in [2.45, 2.75) is 12.7 Å². The molecule has 0 aliphatic rings. The van der Waals surface area contributed by atoms with Crippen LogP contribution in [-0.4, -0.2) is 38.3 Å². The summed E-state index contributed by atoms with van der Waals surface area (Å²) in [5.74, 6) is 4.53. The van der Waals surface area contributed by atoms with Gasteiger partial charge in [-0.05, 0) is 0 Å². The minimum Gasteiger partial charge on any atom is -0.425 e. The molecule has 0 amide bonds. The number of hydrogen-bond acceptors (Lipinski definition) is 9. The second-order valence-corrected chi connectivity index (χ2v) is 5.04. The minimum atomic E-state index is 0.607. The summed E-state index contributed by atoms with van der Waals surface area (Å²) < 4.78 is 13.5. The lowest BCUT2D eigenvalue weighted by Gasteiger charge is -2.03. The molecule has 0 aliphatic heterocycles. The molecule has 0 aromatic carbocycles. The largest absolute Gasteiger partial charge is 0.425 e. The monoisotopic (exact) mass is 286 g/mol. The van der Waals surface area contributed by atoms with E-state index in [1.165, 1.54) is 11.7 Å². The molecule has 7 nitrogen and oxygen atoms in total. The molecule has 2 rings (SSSR count). The summed E-state index contributed by atoms with van der Waals surface area (Å²) in [7, 11) is 1.83. The van der Waals surface area contributed by atoms with Crippen molar-refractivity contribution in [3.8, 4) is 0 Å². The van der Waals surface area contributed by atoms with Crippen molar-refractivity contribution >= 4 is 35.1 Å². The van der Waals surface area contributed by atoms with Gasteiger partial charge in [-0.2, -0.15) is 20.5 Å². The van der Waals surface area contributed by atoms with Gasteiger partial charge >= 0.3 is 0 Å². The first-order valence-corrected chi connectivity index (χ1v) is 7.29. The zero-order chi connectivity index (χ0) is 12.8. The van der Waals surface area contributed by atoms with Crippen molar-refractivity contribution in [1.82, 2.24) is 18.9 Å². The summed E-state index contributed by atoms with van der Waals surface area (Å²) in [6, 6.07) is 0. The minimum absolute atomic E-state index is 0.607. The van der Waals surface area contributed by atoms with Crippen LogP contribution in [-0.2, 0) is 5.75 Å². The number of nitrogens with one attached hydrogen (secondary N) is 2. The van der Waals surface area contributed by atoms with Gasteiger partial charge in [-0.1, -0.05) is 0 Å². The molecule has 0 bridgehead atoms. The molecule has 0 saturated carbocycles. The average molecular weight is 286 g/mol. The van der Waals surface area contributed by atoms with Crippen LogP contribution >= 0.6 is 23.5 Å². The van der Waals surface area contributed by atoms with Crippen LogP contribution < -0.4 is 10.6 Å². The van der Waals surface area contributed by atoms with Crippen molar-refractivity contribution in [1.29, 1.82) is 0 Å². The van der Waals surface area contributed by atoms with Gasteiger partial charge in [-0.25, -0.2) is 0 Å². The summed E-state index contributed by atoms with van der Waals surface area (Å²) in [6.45, 7) is 2.61. The van der Waals surface area contributed by atoms with E-state index >= 15 is 0 Å². The van der Waals surface area contributed by atoms with Crippen LogP contribution in [0.25, 0.3) is 0 Å². The van der Waals surface area contributed by atoms with Crippen molar-refractivity contribution < 1.29 is 4.42 Å². The van der Waals surface area contributed by atoms with E-state index in [2.05, 4.69) is 29.6 Å². The van der Waals surface area contributed by atoms with Crippen LogP contribution in [0.4, 0.5) is 11.6 Å². The molecule has 0 fully saturated rings. The number of rotatable bonds is 7. The lowest BCUT2D eigenvalue weighted by atomic mass is 10.6. The molecule has 2 aromatic heterocycles. The lowest BCUT2D eigenvalue weighted by Crippen LogP contribution is -2.06. The first kappa shape index (κ1) is 13.1. The zero-order valence-electron chi connectivity index (χ0n) is 10.1. The number of thioether (sulfide) groups is 1. The Labute approximate surface area is 113 Å². The van der Waals surface area contributed by atoms with Crippen LogP contribution in [0, 0.1) is 6.92 Å². The highest BCUT2D eigenvalue weighted by molar-refractivity contribution is 7.98. The Bertz CT molecular complexity index is 485. The van der Waals surface area contributed by atoms with E-state index in [1.807, 2.05) is 7.05 Å². The molecule has 0 atom stereocenters. The predicted octanol–water partition coefficient (Wildman–Crippen LogP) is 1.62. The SMILES string of the molecule is CNc1nsnc1NCCSCc1nnc(C)o1. The predicted molar refractivity (Wildman–Crippen MR) is 73.1 cm³/mol. The first-order chi connectivity index (χ1) is 8.79. The zero-order valence-corrected chi connectivity index (χ0v) is 11.8. The van der Waals surface area contributed by atoms with Crippen molar-refractivity contribution in [3.63, 3.8) is 0 Å². The molecule has 0 radical (unpaired) electrons. The van der Waals surface area contributed by atoms with Crippen LogP contribution in [0.5, 0.6) is 0 Å². The van der Waals surface area contributed by atoms with Crippen molar-refractivity contribution in [3.05, 3.63) is 11.8 Å². The van der Waals surface area contributed by atoms with Crippen LogP contribution in [0.2, 0.25) is 0 Å². The maximum absolute atomic E-state index is 5.28. The molecule has 0 unspecified atom stereocenters. The third-order valence-electron chi connectivity index (χ3n) is 2.06. The first-order valence-electron chi connectivity index (χ1n) is 5.40. The van der Waals surface area contributed by atoms with Crippen LogP contribution in [0.3, 0.4) is 0 Å². The molecule has 0 aliphatic carbocycles. The highest BCUT2D eigenvalue weighted by atomic mass is 32.2. The molecule has 98 valence electrons. The fourth-order valence-corrected chi connectivity index (χ4v) is 2.48. The molecular weight excluding hydrogens is 272 g/mol. The number of anilines is 2. The summed E-state index contributed by atoms with van der Waals surface area (Å²) in [4.78, 5) is 0. The van der Waals surface area contributed by atoms with E-state index in [0.29, 0.717) is 11.8 Å². The maximum atomic E-state index is 5.28. The Morgan fingerprint density at radius 1 is 1.28 bits per heavy atom. The maximum Gasteiger partial charge on any atom is 0.226 e. The number of aryl methyl sites for hydroxylation is 1. The highest BCUT2D eigenvalue weighted by Crippen LogP contribution is 2.17. The lowest BCUT2D eigenvalue weighted by molar-refractivity contribution is 0.485. The molecule has 0 spiro atoms. The number of aromatic nitrogens is 4. The Hall–Kier alpha value is -1.35. The second-order valence-electron chi connectivity index (χ2n) is 3.41. The molecule has 9 heteroatoms. The molecule has 18 heavy (non-hydrogen) atoms. The van der Waals surface area contributed by atoms with E-state index < -0.39 is 0 Å². The van der Waals surface area contributed by atoms with Gasteiger partial charge in [0.15, 0.2) is 11.6 Å². The Morgan fingerprint density at radius 2 is 2.11 bits per heavy atom. The summed E-state index contributed by atoms with van der Waals surface area (Å²) in [6.07, 6.45) is 0. The van der Waals surface area contributed by atoms with Gasteiger partial charge in [0.05, 0.1) is 17.5 Å². The summed E-state index contributed by atoms with van der Waals surface area (Å²) in [5.41, 5.74) is 0. The van der Waals surface area contributed by atoms with Crippen LogP contribution in [0.15, 0.2) is 4.42 Å². The Morgan fingerprint density at radius 3 is 2.83 bits per heavy atom. The third-order valence-corrected chi connectivity index (χ3v) is 3.53. The average Bonchev–Trinajstić information content (AvgIpc) is 2.97. The van der Waals surface area contributed by atoms with Crippen LogP contribution in [0.1, 0.15) is 11.8 Å². The quantitative estimate of drug-likeness (QED) is 0.742. The smallest absolute Gasteiger partial charge is 0.226 e. The van der Waals surface area contributed by atoms with Gasteiger partial charge in [-0.3, -0.25) is 0 Å². The number of hydrogen-bond donors (Lipinski definition) is 2.